The lowest BCUT2D eigenvalue weighted by Gasteiger charge is -2.20. The third-order valence-corrected chi connectivity index (χ3v) is 10.1. The number of unbranched alkanes of at least 4 members (excludes halogenated alkanes) is 3. The van der Waals surface area contributed by atoms with Crippen molar-refractivity contribution in [3.63, 3.8) is 0 Å². The van der Waals surface area contributed by atoms with Gasteiger partial charge in [-0.1, -0.05) is 105 Å². The molecule has 0 spiro atoms. The molecule has 2 amide bonds. The smallest absolute Gasteiger partial charge is 0.278 e. The second-order valence-electron chi connectivity index (χ2n) is 13.7. The minimum absolute atomic E-state index is 0.0799. The number of amides is 2. The highest BCUT2D eigenvalue weighted by Crippen LogP contribution is 2.29. The summed E-state index contributed by atoms with van der Waals surface area (Å²) in [4.78, 5) is 40.8. The summed E-state index contributed by atoms with van der Waals surface area (Å²) in [6.07, 6.45) is 7.13. The third kappa shape index (κ3) is 9.65. The zero-order chi connectivity index (χ0) is 38.2. The molecular weight excluding hydrogens is 808 g/mol. The number of hydrogen-bond donors (Lipinski definition) is 0. The summed E-state index contributed by atoms with van der Waals surface area (Å²) in [6, 6.07) is 31.0. The van der Waals surface area contributed by atoms with Crippen molar-refractivity contribution in [1.29, 1.82) is 0 Å². The molecule has 0 saturated carbocycles. The minimum Gasteiger partial charge on any atom is -0.491 e. The fourth-order valence-electron chi connectivity index (χ4n) is 6.25. The summed E-state index contributed by atoms with van der Waals surface area (Å²) in [5.74, 6) is 2.59. The first-order valence-corrected chi connectivity index (χ1v) is 19.9. The molecule has 0 N–H and O–H groups in total. The summed E-state index contributed by atoms with van der Waals surface area (Å²) in [5.41, 5.74) is 4.28. The van der Waals surface area contributed by atoms with E-state index < -0.39 is 0 Å². The van der Waals surface area contributed by atoms with Gasteiger partial charge in [-0.3, -0.25) is 19.4 Å². The molecule has 278 valence electrons. The molecule has 0 aliphatic carbocycles. The first kappa shape index (κ1) is 38.9. The van der Waals surface area contributed by atoms with Gasteiger partial charge in [0, 0.05) is 33.2 Å². The minimum atomic E-state index is -0.124. The topological polar surface area (TPSA) is 83.8 Å². The highest BCUT2D eigenvalue weighted by atomic mass is 79.9. The Balaban J connectivity index is 1.10. The number of benzene rings is 4. The predicted molar refractivity (Wildman–Crippen MR) is 224 cm³/mol. The van der Waals surface area contributed by atoms with Crippen molar-refractivity contribution in [2.45, 2.75) is 65.6 Å². The lowest BCUT2D eigenvalue weighted by molar-refractivity contribution is -0.123. The molecule has 2 aliphatic rings. The van der Waals surface area contributed by atoms with Gasteiger partial charge >= 0.3 is 0 Å². The molecule has 4 aromatic carbocycles. The van der Waals surface area contributed by atoms with Crippen LogP contribution in [0.4, 0.5) is 0 Å². The van der Waals surface area contributed by atoms with E-state index in [9.17, 15) is 9.59 Å². The fraction of sp³-hybridized carbons (Fsp3) is 0.273. The molecule has 8 nitrogen and oxygen atoms in total. The Bertz CT molecular complexity index is 1950. The molecule has 54 heavy (non-hydrogen) atoms. The van der Waals surface area contributed by atoms with Gasteiger partial charge in [-0.05, 0) is 100 Å². The maximum absolute atomic E-state index is 13.8. The van der Waals surface area contributed by atoms with Crippen LogP contribution in [0.2, 0.25) is 0 Å². The number of halogens is 2. The Morgan fingerprint density at radius 1 is 0.556 bits per heavy atom. The van der Waals surface area contributed by atoms with E-state index in [4.69, 9.17) is 19.5 Å². The number of rotatable bonds is 15. The number of carbonyl (C=O) groups excluding carboxylic acids is 2. The molecule has 10 heteroatoms. The predicted octanol–water partition coefficient (Wildman–Crippen LogP) is 10.3. The van der Waals surface area contributed by atoms with E-state index in [1.807, 2.05) is 137 Å². The highest BCUT2D eigenvalue weighted by Gasteiger charge is 2.33. The summed E-state index contributed by atoms with van der Waals surface area (Å²) >= 11 is 7.32. The first-order chi connectivity index (χ1) is 26.1. The van der Waals surface area contributed by atoms with E-state index in [1.54, 1.807) is 9.80 Å². The largest absolute Gasteiger partial charge is 0.491 e. The van der Waals surface area contributed by atoms with Crippen LogP contribution in [-0.4, -0.2) is 58.6 Å². The number of hydrogen-bond acceptors (Lipinski definition) is 6. The zero-order valence-corrected chi connectivity index (χ0v) is 34.1. The fourth-order valence-corrected chi connectivity index (χ4v) is 7.18. The van der Waals surface area contributed by atoms with Gasteiger partial charge in [-0.15, -0.1) is 0 Å². The van der Waals surface area contributed by atoms with Gasteiger partial charge in [0.1, 0.15) is 34.6 Å². The van der Waals surface area contributed by atoms with Gasteiger partial charge < -0.3 is 9.47 Å². The molecule has 4 aromatic rings. The molecule has 0 aromatic heterocycles. The molecule has 2 heterocycles. The Labute approximate surface area is 334 Å². The van der Waals surface area contributed by atoms with Crippen LogP contribution in [0.15, 0.2) is 127 Å². The third-order valence-electron chi connectivity index (χ3n) is 8.75. The van der Waals surface area contributed by atoms with E-state index in [1.165, 1.54) is 0 Å². The van der Waals surface area contributed by atoms with Crippen molar-refractivity contribution >= 4 is 67.5 Å². The monoisotopic (exact) mass is 850 g/mol. The average molecular weight is 853 g/mol. The summed E-state index contributed by atoms with van der Waals surface area (Å²) in [5, 5.41) is 0. The van der Waals surface area contributed by atoms with Crippen molar-refractivity contribution in [1.82, 2.24) is 9.80 Å². The Hall–Kier alpha value is -4.80. The van der Waals surface area contributed by atoms with Crippen LogP contribution in [0.25, 0.3) is 12.2 Å². The van der Waals surface area contributed by atoms with Crippen molar-refractivity contribution in [3.8, 4) is 11.5 Å². The molecule has 0 atom stereocenters. The molecule has 0 unspecified atom stereocenters. The lowest BCUT2D eigenvalue weighted by Crippen LogP contribution is -2.34. The van der Waals surface area contributed by atoms with Crippen molar-refractivity contribution in [2.75, 3.05) is 13.1 Å². The number of ether oxygens (including phenoxy) is 2. The average Bonchev–Trinajstić information content (AvgIpc) is 3.61. The van der Waals surface area contributed by atoms with E-state index in [-0.39, 0.29) is 24.0 Å². The first-order valence-electron chi connectivity index (χ1n) is 18.3. The van der Waals surface area contributed by atoms with Crippen LogP contribution in [0.3, 0.4) is 0 Å². The summed E-state index contributed by atoms with van der Waals surface area (Å²) < 4.78 is 13.3. The van der Waals surface area contributed by atoms with Gasteiger partial charge in [0.15, 0.2) is 0 Å². The van der Waals surface area contributed by atoms with Crippen LogP contribution >= 0.6 is 31.9 Å². The molecular formula is C44H44Br2N4O4. The second-order valence-corrected chi connectivity index (χ2v) is 15.4. The van der Waals surface area contributed by atoms with E-state index in [0.717, 1.165) is 68.4 Å². The maximum atomic E-state index is 13.8. The standard InChI is InChI=1S/C44H44Br2N4O4/c1-29(2)53-33-21-17-31(18-22-33)27-39-43(51)49(41(47-39)35-13-7-9-15-37(35)45)25-11-5-6-12-26-50-42(36-14-8-10-16-38(36)46)48-40(44(50)52)28-32-19-23-34(24-20-32)54-30(3)4/h7-10,13-24,27-30H,5-6,11-12,25-26H2,1-4H3/b39-27-,40-28+. The van der Waals surface area contributed by atoms with E-state index in [0.29, 0.717) is 36.2 Å². The molecule has 2 aliphatic heterocycles. The van der Waals surface area contributed by atoms with Gasteiger partial charge in [-0.25, -0.2) is 9.98 Å². The van der Waals surface area contributed by atoms with Crippen LogP contribution < -0.4 is 9.47 Å². The highest BCUT2D eigenvalue weighted by molar-refractivity contribution is 9.10. The molecule has 6 rings (SSSR count). The van der Waals surface area contributed by atoms with Crippen LogP contribution in [0, 0.1) is 0 Å². The molecule has 0 fully saturated rings. The number of aliphatic imine (C=N–C) groups is 2. The second kappa shape index (κ2) is 18.0. The van der Waals surface area contributed by atoms with Gasteiger partial charge in [0.2, 0.25) is 0 Å². The Kier molecular flexibility index (Phi) is 13.0. The number of carbonyl (C=O) groups is 2. The van der Waals surface area contributed by atoms with Gasteiger partial charge in [-0.2, -0.15) is 0 Å². The molecule has 0 saturated heterocycles. The Morgan fingerprint density at radius 3 is 1.28 bits per heavy atom. The maximum Gasteiger partial charge on any atom is 0.278 e. The van der Waals surface area contributed by atoms with Gasteiger partial charge in [0.25, 0.3) is 11.8 Å². The van der Waals surface area contributed by atoms with Crippen molar-refractivity contribution in [2.24, 2.45) is 9.98 Å². The summed E-state index contributed by atoms with van der Waals surface area (Å²) in [6.45, 7) is 9.01. The SMILES string of the molecule is CC(C)Oc1ccc(/C=C2\N=C(c3ccccc3Br)N(CCCCCCN3C(=O)/C(=C\c4ccc(OC(C)C)cc4)N=C3c3ccccc3Br)C2=O)cc1. The van der Waals surface area contributed by atoms with E-state index >= 15 is 0 Å². The van der Waals surface area contributed by atoms with Crippen molar-refractivity contribution in [3.05, 3.63) is 140 Å². The number of nitrogens with zero attached hydrogens (tertiary/aromatic N) is 4. The van der Waals surface area contributed by atoms with E-state index in [2.05, 4.69) is 31.9 Å². The quantitative estimate of drug-likeness (QED) is 0.0881. The normalized spacial score (nSPS) is 15.9. The van der Waals surface area contributed by atoms with Crippen LogP contribution in [-0.2, 0) is 9.59 Å². The van der Waals surface area contributed by atoms with Crippen molar-refractivity contribution < 1.29 is 19.1 Å². The zero-order valence-electron chi connectivity index (χ0n) is 31.0. The Morgan fingerprint density at radius 2 is 0.926 bits per heavy atom. The van der Waals surface area contributed by atoms with Crippen LogP contribution in [0.1, 0.15) is 75.6 Å². The summed E-state index contributed by atoms with van der Waals surface area (Å²) in [7, 11) is 0. The lowest BCUT2D eigenvalue weighted by atomic mass is 10.1. The number of amidine groups is 2. The van der Waals surface area contributed by atoms with Crippen LogP contribution in [0.5, 0.6) is 11.5 Å². The molecule has 0 bridgehead atoms. The molecule has 0 radical (unpaired) electrons. The van der Waals surface area contributed by atoms with Gasteiger partial charge in [0.05, 0.1) is 12.2 Å².